The molecule has 0 aliphatic carbocycles. The normalized spacial score (nSPS) is 10.1. The van der Waals surface area contributed by atoms with Gasteiger partial charge in [-0.3, -0.25) is 0 Å². The Morgan fingerprint density at radius 2 is 1.00 bits per heavy atom. The lowest BCUT2D eigenvalue weighted by atomic mass is 10.1. The van der Waals surface area contributed by atoms with Crippen molar-refractivity contribution in [3.8, 4) is 11.3 Å². The number of aromatic amines is 3. The Morgan fingerprint density at radius 3 is 1.52 bits per heavy atom. The fourth-order valence-corrected chi connectivity index (χ4v) is 5.44. The highest BCUT2D eigenvalue weighted by Gasteiger charge is 2.08. The molecule has 0 radical (unpaired) electrons. The summed E-state index contributed by atoms with van der Waals surface area (Å²) in [4.78, 5) is 10.1. The van der Waals surface area contributed by atoms with E-state index in [-0.39, 0.29) is 0 Å². The van der Waals surface area contributed by atoms with Gasteiger partial charge in [-0.2, -0.15) is 0 Å². The van der Waals surface area contributed by atoms with E-state index in [0.717, 1.165) is 35.1 Å². The first-order chi connectivity index (χ1) is 21.5. The minimum Gasteiger partial charge on any atom is -0.397 e. The standard InChI is InChI=1S/C15H13N.C12H15N.C9H10N2.2C2H6/c1-11-13-9-5-6-10-14(13)16-15(11)12-7-3-2-4-8-12;1-3-9-10-7-5-6-8-12(10)13-11(9)4-2;1-6-9(10)7-4-2-3-5-8(7)11-6;2*1-2/h2-10,16H,1H3;5-8,13H,3-4H2,1-2H3;2-5,11H,10H2,1H3;2*1-2H3. The van der Waals surface area contributed by atoms with E-state index in [1.807, 2.05) is 65.0 Å². The SMILES string of the molecule is CC.CC.CCc1[nH]c2ccccc2c1CC.Cc1[nH]c2ccccc2c1N.Cc1c(-c2ccccc2)[nH]c2ccccc12. The number of nitrogens with two attached hydrogens (primary N) is 1. The summed E-state index contributed by atoms with van der Waals surface area (Å²) in [6, 6.07) is 35.4. The molecule has 4 nitrogen and oxygen atoms in total. The van der Waals surface area contributed by atoms with Crippen molar-refractivity contribution >= 4 is 38.4 Å². The second-order valence-corrected chi connectivity index (χ2v) is 10.1. The van der Waals surface area contributed by atoms with E-state index in [1.165, 1.54) is 49.9 Å². The fourth-order valence-electron chi connectivity index (χ4n) is 5.44. The first-order valence-corrected chi connectivity index (χ1v) is 16.1. The summed E-state index contributed by atoms with van der Waals surface area (Å²) >= 11 is 0. The van der Waals surface area contributed by atoms with Crippen LogP contribution in [0.15, 0.2) is 103 Å². The molecule has 4 aromatic carbocycles. The highest BCUT2D eigenvalue weighted by molar-refractivity contribution is 5.93. The second-order valence-electron chi connectivity index (χ2n) is 10.1. The molecule has 7 rings (SSSR count). The Labute approximate surface area is 263 Å². The number of hydrogen-bond acceptors (Lipinski definition) is 1. The van der Waals surface area contributed by atoms with Crippen molar-refractivity contribution in [1.29, 1.82) is 0 Å². The molecule has 7 aromatic rings. The maximum atomic E-state index is 5.81. The van der Waals surface area contributed by atoms with Crippen LogP contribution in [-0.2, 0) is 12.8 Å². The summed E-state index contributed by atoms with van der Waals surface area (Å²) < 4.78 is 0. The third kappa shape index (κ3) is 7.62. The number of nitrogen functional groups attached to an aromatic ring is 1. The lowest BCUT2D eigenvalue weighted by molar-refractivity contribution is 1.01. The van der Waals surface area contributed by atoms with E-state index < -0.39 is 0 Å². The molecule has 5 N–H and O–H groups in total. The van der Waals surface area contributed by atoms with Crippen molar-refractivity contribution < 1.29 is 0 Å². The van der Waals surface area contributed by atoms with Crippen LogP contribution in [0.2, 0.25) is 0 Å². The van der Waals surface area contributed by atoms with Gasteiger partial charge in [-0.15, -0.1) is 0 Å². The maximum Gasteiger partial charge on any atom is 0.0602 e. The third-order valence-corrected chi connectivity index (χ3v) is 7.58. The minimum atomic E-state index is 0.862. The number of nitrogens with one attached hydrogen (secondary N) is 3. The number of aryl methyl sites for hydroxylation is 4. The van der Waals surface area contributed by atoms with Crippen LogP contribution in [0.25, 0.3) is 44.0 Å². The summed E-state index contributed by atoms with van der Waals surface area (Å²) in [6.07, 6.45) is 2.21. The average Bonchev–Trinajstić information content (AvgIpc) is 3.74. The van der Waals surface area contributed by atoms with E-state index >= 15 is 0 Å². The zero-order chi connectivity index (χ0) is 32.1. The zero-order valence-electron chi connectivity index (χ0n) is 27.8. The predicted molar refractivity (Wildman–Crippen MR) is 196 cm³/mol. The van der Waals surface area contributed by atoms with Gasteiger partial charge in [-0.1, -0.05) is 126 Å². The summed E-state index contributed by atoms with van der Waals surface area (Å²) in [5.41, 5.74) is 18.0. The van der Waals surface area contributed by atoms with Gasteiger partial charge in [0, 0.05) is 49.8 Å². The summed E-state index contributed by atoms with van der Waals surface area (Å²) in [5.74, 6) is 0. The molecule has 0 spiro atoms. The number of anilines is 1. The Balaban J connectivity index is 0.000000173. The van der Waals surface area contributed by atoms with E-state index in [0.29, 0.717) is 0 Å². The van der Waals surface area contributed by atoms with Gasteiger partial charge in [0.15, 0.2) is 0 Å². The lowest BCUT2D eigenvalue weighted by Gasteiger charge is -1.99. The fraction of sp³-hybridized carbons (Fsp3) is 0.250. The number of aromatic nitrogens is 3. The van der Waals surface area contributed by atoms with Crippen LogP contribution >= 0.6 is 0 Å². The molecule has 0 amide bonds. The molecule has 0 saturated carbocycles. The number of para-hydroxylation sites is 3. The van der Waals surface area contributed by atoms with Crippen molar-refractivity contribution in [3.05, 3.63) is 126 Å². The van der Waals surface area contributed by atoms with Crippen molar-refractivity contribution in [2.45, 2.75) is 68.2 Å². The van der Waals surface area contributed by atoms with Crippen molar-refractivity contribution in [2.75, 3.05) is 5.73 Å². The largest absolute Gasteiger partial charge is 0.397 e. The van der Waals surface area contributed by atoms with Gasteiger partial charge in [0.1, 0.15) is 0 Å². The number of fused-ring (bicyclic) bond motifs is 3. The van der Waals surface area contributed by atoms with E-state index in [4.69, 9.17) is 5.73 Å². The van der Waals surface area contributed by atoms with Gasteiger partial charge in [-0.25, -0.2) is 0 Å². The molecular weight excluding hydrogens is 536 g/mol. The third-order valence-electron chi connectivity index (χ3n) is 7.58. The predicted octanol–water partition coefficient (Wildman–Crippen LogP) is 11.5. The van der Waals surface area contributed by atoms with Crippen molar-refractivity contribution in [2.24, 2.45) is 0 Å². The lowest BCUT2D eigenvalue weighted by Crippen LogP contribution is -1.86. The molecule has 3 aromatic heterocycles. The minimum absolute atomic E-state index is 0.862. The smallest absolute Gasteiger partial charge is 0.0602 e. The van der Waals surface area contributed by atoms with Crippen LogP contribution in [0, 0.1) is 13.8 Å². The van der Waals surface area contributed by atoms with Crippen LogP contribution in [-0.4, -0.2) is 15.0 Å². The summed E-state index contributed by atoms with van der Waals surface area (Å²) in [5, 5.41) is 3.81. The molecule has 0 aliphatic heterocycles. The van der Waals surface area contributed by atoms with Gasteiger partial charge < -0.3 is 20.7 Å². The monoisotopic (exact) mass is 586 g/mol. The molecule has 0 bridgehead atoms. The van der Waals surface area contributed by atoms with Gasteiger partial charge in [0.2, 0.25) is 0 Å². The average molecular weight is 587 g/mol. The van der Waals surface area contributed by atoms with Crippen LogP contribution in [0.3, 0.4) is 0 Å². The molecule has 0 saturated heterocycles. The molecule has 0 unspecified atom stereocenters. The Bertz CT molecular complexity index is 1850. The first kappa shape index (κ1) is 33.8. The zero-order valence-corrected chi connectivity index (χ0v) is 27.8. The van der Waals surface area contributed by atoms with Gasteiger partial charge >= 0.3 is 0 Å². The Hall–Kier alpha value is -4.70. The molecule has 230 valence electrons. The van der Waals surface area contributed by atoms with E-state index in [2.05, 4.69) is 109 Å². The number of hydrogen-bond donors (Lipinski definition) is 4. The van der Waals surface area contributed by atoms with Gasteiger partial charge in [-0.05, 0) is 61.6 Å². The molecule has 0 fully saturated rings. The molecule has 0 aliphatic rings. The van der Waals surface area contributed by atoms with Crippen LogP contribution in [0.4, 0.5) is 5.69 Å². The quantitative estimate of drug-likeness (QED) is 0.163. The number of rotatable bonds is 3. The summed E-state index contributed by atoms with van der Waals surface area (Å²) in [7, 11) is 0. The van der Waals surface area contributed by atoms with Gasteiger partial charge in [0.05, 0.1) is 5.69 Å². The highest BCUT2D eigenvalue weighted by Crippen LogP contribution is 2.29. The number of H-pyrrole nitrogens is 3. The van der Waals surface area contributed by atoms with Crippen molar-refractivity contribution in [1.82, 2.24) is 15.0 Å². The highest BCUT2D eigenvalue weighted by atomic mass is 14.8. The maximum absolute atomic E-state index is 5.81. The van der Waals surface area contributed by atoms with E-state index in [9.17, 15) is 0 Å². The Morgan fingerprint density at radius 1 is 0.523 bits per heavy atom. The molecule has 3 heterocycles. The van der Waals surface area contributed by atoms with Crippen LogP contribution in [0.1, 0.15) is 64.1 Å². The van der Waals surface area contributed by atoms with E-state index in [1.54, 1.807) is 0 Å². The summed E-state index contributed by atoms with van der Waals surface area (Å²) in [6.45, 7) is 16.6. The molecule has 4 heteroatoms. The molecule has 44 heavy (non-hydrogen) atoms. The van der Waals surface area contributed by atoms with Gasteiger partial charge in [0.25, 0.3) is 0 Å². The van der Waals surface area contributed by atoms with Crippen molar-refractivity contribution in [3.63, 3.8) is 0 Å². The van der Waals surface area contributed by atoms with Crippen LogP contribution in [0.5, 0.6) is 0 Å². The molecular formula is C40H50N4. The topological polar surface area (TPSA) is 73.4 Å². The number of benzene rings is 4. The second kappa shape index (κ2) is 16.8. The Kier molecular flexibility index (Phi) is 12.9. The van der Waals surface area contributed by atoms with Crippen LogP contribution < -0.4 is 5.73 Å². The molecule has 0 atom stereocenters. The first-order valence-electron chi connectivity index (χ1n) is 16.1.